The van der Waals surface area contributed by atoms with Gasteiger partial charge in [0.2, 0.25) is 5.91 Å². The van der Waals surface area contributed by atoms with Gasteiger partial charge in [-0.25, -0.2) is 0 Å². The number of methoxy groups -OCH3 is 2. The lowest BCUT2D eigenvalue weighted by Crippen LogP contribution is -2.27. The summed E-state index contributed by atoms with van der Waals surface area (Å²) in [6.45, 7) is 1.95. The van der Waals surface area contributed by atoms with E-state index in [1.807, 2.05) is 24.3 Å². The molecular weight excluding hydrogens is 412 g/mol. The van der Waals surface area contributed by atoms with Crippen LogP contribution in [0, 0.1) is 0 Å². The maximum atomic E-state index is 12.4. The van der Waals surface area contributed by atoms with Crippen molar-refractivity contribution in [2.75, 3.05) is 24.9 Å². The van der Waals surface area contributed by atoms with E-state index >= 15 is 0 Å². The zero-order chi connectivity index (χ0) is 22.9. The average molecular weight is 438 g/mol. The lowest BCUT2D eigenvalue weighted by Gasteiger charge is -2.13. The Bertz CT molecular complexity index is 1050. The third-order valence-corrected chi connectivity index (χ3v) is 4.58. The SMILES string of the molecule is COc1ccc(NC(=O)Cn2cc(NC(=O)C(C)OCc3cccc(OC)c3)cn2)cc1. The topological polar surface area (TPSA) is 104 Å². The van der Waals surface area contributed by atoms with Crippen LogP contribution in [0.15, 0.2) is 60.9 Å². The van der Waals surface area contributed by atoms with Crippen LogP contribution in [0.25, 0.3) is 0 Å². The largest absolute Gasteiger partial charge is 0.497 e. The van der Waals surface area contributed by atoms with Gasteiger partial charge in [0.15, 0.2) is 0 Å². The van der Waals surface area contributed by atoms with Gasteiger partial charge in [0.25, 0.3) is 5.91 Å². The number of anilines is 2. The molecule has 2 aromatic carbocycles. The summed E-state index contributed by atoms with van der Waals surface area (Å²) in [7, 11) is 3.17. The number of hydrogen-bond acceptors (Lipinski definition) is 6. The second kappa shape index (κ2) is 11.0. The number of aromatic nitrogens is 2. The van der Waals surface area contributed by atoms with E-state index in [9.17, 15) is 9.59 Å². The molecule has 0 saturated carbocycles. The Labute approximate surface area is 186 Å². The van der Waals surface area contributed by atoms with Gasteiger partial charge < -0.3 is 24.8 Å². The van der Waals surface area contributed by atoms with E-state index in [1.165, 1.54) is 10.9 Å². The molecule has 9 heteroatoms. The minimum Gasteiger partial charge on any atom is -0.497 e. The van der Waals surface area contributed by atoms with Crippen molar-refractivity contribution in [2.45, 2.75) is 26.2 Å². The summed E-state index contributed by atoms with van der Waals surface area (Å²) in [4.78, 5) is 24.6. The molecule has 3 rings (SSSR count). The Hall–Kier alpha value is -3.85. The summed E-state index contributed by atoms with van der Waals surface area (Å²) >= 11 is 0. The monoisotopic (exact) mass is 438 g/mol. The zero-order valence-electron chi connectivity index (χ0n) is 18.2. The fourth-order valence-electron chi connectivity index (χ4n) is 2.84. The number of benzene rings is 2. The van der Waals surface area contributed by atoms with E-state index in [1.54, 1.807) is 51.6 Å². The molecule has 0 radical (unpaired) electrons. The molecule has 0 fully saturated rings. The Morgan fingerprint density at radius 1 is 1.00 bits per heavy atom. The first kappa shape index (κ1) is 22.8. The zero-order valence-corrected chi connectivity index (χ0v) is 18.2. The molecule has 0 bridgehead atoms. The molecule has 1 heterocycles. The van der Waals surface area contributed by atoms with Gasteiger partial charge in [-0.3, -0.25) is 14.3 Å². The molecule has 1 unspecified atom stereocenters. The number of carbonyl (C=O) groups is 2. The Morgan fingerprint density at radius 3 is 2.47 bits per heavy atom. The lowest BCUT2D eigenvalue weighted by molar-refractivity contribution is -0.127. The van der Waals surface area contributed by atoms with E-state index in [4.69, 9.17) is 14.2 Å². The maximum Gasteiger partial charge on any atom is 0.253 e. The number of carbonyl (C=O) groups excluding carboxylic acids is 2. The average Bonchev–Trinajstić information content (AvgIpc) is 3.24. The van der Waals surface area contributed by atoms with Crippen molar-refractivity contribution >= 4 is 23.2 Å². The molecule has 0 aliphatic rings. The van der Waals surface area contributed by atoms with Crippen LogP contribution in [-0.4, -0.2) is 41.9 Å². The van der Waals surface area contributed by atoms with Gasteiger partial charge in [0, 0.05) is 11.9 Å². The van der Waals surface area contributed by atoms with Gasteiger partial charge >= 0.3 is 0 Å². The predicted molar refractivity (Wildman–Crippen MR) is 120 cm³/mol. The first-order valence-electron chi connectivity index (χ1n) is 9.98. The molecule has 1 aromatic heterocycles. The highest BCUT2D eigenvalue weighted by Crippen LogP contribution is 2.16. The molecule has 3 aromatic rings. The molecule has 1 atom stereocenters. The second-order valence-electron chi connectivity index (χ2n) is 7.00. The predicted octanol–water partition coefficient (Wildman–Crippen LogP) is 3.08. The quantitative estimate of drug-likeness (QED) is 0.504. The summed E-state index contributed by atoms with van der Waals surface area (Å²) in [6.07, 6.45) is 2.39. The van der Waals surface area contributed by atoms with E-state index in [2.05, 4.69) is 15.7 Å². The summed E-state index contributed by atoms with van der Waals surface area (Å²) in [5, 5.41) is 9.63. The summed E-state index contributed by atoms with van der Waals surface area (Å²) < 4.78 is 17.4. The minimum atomic E-state index is -0.678. The van der Waals surface area contributed by atoms with Crippen LogP contribution >= 0.6 is 0 Å². The van der Waals surface area contributed by atoms with Crippen LogP contribution in [0.4, 0.5) is 11.4 Å². The van der Waals surface area contributed by atoms with Gasteiger partial charge in [-0.1, -0.05) is 12.1 Å². The van der Waals surface area contributed by atoms with Crippen molar-refractivity contribution in [3.8, 4) is 11.5 Å². The molecule has 0 aliphatic heterocycles. The second-order valence-corrected chi connectivity index (χ2v) is 7.00. The smallest absolute Gasteiger partial charge is 0.253 e. The number of nitrogens with one attached hydrogen (secondary N) is 2. The highest BCUT2D eigenvalue weighted by atomic mass is 16.5. The molecule has 32 heavy (non-hydrogen) atoms. The van der Waals surface area contributed by atoms with Gasteiger partial charge in [-0.05, 0) is 48.9 Å². The van der Waals surface area contributed by atoms with Crippen molar-refractivity contribution in [3.05, 3.63) is 66.5 Å². The molecule has 0 spiro atoms. The number of ether oxygens (including phenoxy) is 3. The Balaban J connectivity index is 1.46. The summed E-state index contributed by atoms with van der Waals surface area (Å²) in [5.74, 6) is 0.880. The van der Waals surface area contributed by atoms with Crippen LogP contribution in [0.5, 0.6) is 11.5 Å². The highest BCUT2D eigenvalue weighted by Gasteiger charge is 2.15. The first-order chi connectivity index (χ1) is 15.5. The minimum absolute atomic E-state index is 0.00376. The van der Waals surface area contributed by atoms with Crippen molar-refractivity contribution < 1.29 is 23.8 Å². The van der Waals surface area contributed by atoms with Crippen LogP contribution < -0.4 is 20.1 Å². The van der Waals surface area contributed by atoms with Gasteiger partial charge in [-0.15, -0.1) is 0 Å². The van der Waals surface area contributed by atoms with E-state index < -0.39 is 6.10 Å². The number of hydrogen-bond donors (Lipinski definition) is 2. The first-order valence-corrected chi connectivity index (χ1v) is 9.98. The number of rotatable bonds is 10. The number of amides is 2. The van der Waals surface area contributed by atoms with Crippen molar-refractivity contribution in [1.29, 1.82) is 0 Å². The van der Waals surface area contributed by atoms with Crippen LogP contribution in [0.2, 0.25) is 0 Å². The fourth-order valence-corrected chi connectivity index (χ4v) is 2.84. The van der Waals surface area contributed by atoms with Crippen molar-refractivity contribution in [1.82, 2.24) is 9.78 Å². The van der Waals surface area contributed by atoms with Crippen LogP contribution in [0.3, 0.4) is 0 Å². The summed E-state index contributed by atoms with van der Waals surface area (Å²) in [6, 6.07) is 14.5. The van der Waals surface area contributed by atoms with E-state index in [-0.39, 0.29) is 25.0 Å². The Kier molecular flexibility index (Phi) is 7.82. The van der Waals surface area contributed by atoms with Gasteiger partial charge in [0.05, 0.1) is 32.7 Å². The molecule has 0 saturated heterocycles. The number of nitrogens with zero attached hydrogens (tertiary/aromatic N) is 2. The van der Waals surface area contributed by atoms with Crippen molar-refractivity contribution in [3.63, 3.8) is 0 Å². The molecule has 2 N–H and O–H groups in total. The third kappa shape index (κ3) is 6.58. The highest BCUT2D eigenvalue weighted by molar-refractivity contribution is 5.94. The van der Waals surface area contributed by atoms with E-state index in [0.717, 1.165) is 11.3 Å². The normalized spacial score (nSPS) is 11.5. The maximum absolute atomic E-state index is 12.4. The van der Waals surface area contributed by atoms with Crippen LogP contribution in [-0.2, 0) is 27.5 Å². The third-order valence-electron chi connectivity index (χ3n) is 4.58. The molecule has 0 aliphatic carbocycles. The van der Waals surface area contributed by atoms with Gasteiger partial charge in [0.1, 0.15) is 24.1 Å². The Morgan fingerprint density at radius 2 is 1.75 bits per heavy atom. The lowest BCUT2D eigenvalue weighted by atomic mass is 10.2. The standard InChI is InChI=1S/C23H26N4O5/c1-16(32-15-17-5-4-6-21(11-17)31-3)23(29)26-19-12-24-27(13-19)14-22(28)25-18-7-9-20(30-2)10-8-18/h4-13,16H,14-15H2,1-3H3,(H,25,28)(H,26,29). The molecular formula is C23H26N4O5. The van der Waals surface area contributed by atoms with Gasteiger partial charge in [-0.2, -0.15) is 5.10 Å². The van der Waals surface area contributed by atoms with Crippen LogP contribution in [0.1, 0.15) is 12.5 Å². The van der Waals surface area contributed by atoms with E-state index in [0.29, 0.717) is 17.1 Å². The van der Waals surface area contributed by atoms with Crippen molar-refractivity contribution in [2.24, 2.45) is 0 Å². The molecule has 9 nitrogen and oxygen atoms in total. The molecule has 168 valence electrons. The fraction of sp³-hybridized carbons (Fsp3) is 0.261. The molecule has 2 amide bonds. The summed E-state index contributed by atoms with van der Waals surface area (Å²) in [5.41, 5.74) is 2.03.